The lowest BCUT2D eigenvalue weighted by Gasteiger charge is -2.26. The Kier molecular flexibility index (Phi) is 6.56. The molecule has 4 nitrogen and oxygen atoms in total. The predicted octanol–water partition coefficient (Wildman–Crippen LogP) is 5.91. The van der Waals surface area contributed by atoms with E-state index >= 15 is 0 Å². The van der Waals surface area contributed by atoms with Gasteiger partial charge in [0.05, 0.1) is 13.5 Å². The van der Waals surface area contributed by atoms with Gasteiger partial charge in [0.2, 0.25) is 0 Å². The average Bonchev–Trinajstić information content (AvgIpc) is 3.24. The number of aryl methyl sites for hydroxylation is 1. The van der Waals surface area contributed by atoms with Gasteiger partial charge in [0.1, 0.15) is 11.5 Å². The lowest BCUT2D eigenvalue weighted by molar-refractivity contribution is -0.140. The van der Waals surface area contributed by atoms with Crippen LogP contribution in [0.3, 0.4) is 0 Å². The van der Waals surface area contributed by atoms with Crippen molar-refractivity contribution >= 4 is 11.7 Å². The first kappa shape index (κ1) is 21.0. The molecule has 1 unspecified atom stereocenters. The highest BCUT2D eigenvalue weighted by molar-refractivity contribution is 5.71. The lowest BCUT2D eigenvalue weighted by atomic mass is 10.0. The Morgan fingerprint density at radius 1 is 1.00 bits per heavy atom. The number of rotatable bonds is 7. The molecule has 160 valence electrons. The van der Waals surface area contributed by atoms with Crippen molar-refractivity contribution in [1.82, 2.24) is 0 Å². The van der Waals surface area contributed by atoms with Gasteiger partial charge < -0.3 is 14.4 Å². The summed E-state index contributed by atoms with van der Waals surface area (Å²) in [7, 11) is 1.45. The third-order valence-corrected chi connectivity index (χ3v) is 5.97. The Labute approximate surface area is 184 Å². The third-order valence-electron chi connectivity index (χ3n) is 5.97. The van der Waals surface area contributed by atoms with Crippen molar-refractivity contribution in [1.29, 1.82) is 0 Å². The summed E-state index contributed by atoms with van der Waals surface area (Å²) >= 11 is 0. The van der Waals surface area contributed by atoms with E-state index in [1.165, 1.54) is 23.8 Å². The number of methoxy groups -OCH3 is 1. The number of anilines is 1. The number of ether oxygens (including phenoxy) is 2. The Hall–Kier alpha value is -3.27. The number of hydrogen-bond donors (Lipinski definition) is 0. The van der Waals surface area contributed by atoms with Crippen LogP contribution in [0.4, 0.5) is 5.69 Å². The number of hydrogen-bond acceptors (Lipinski definition) is 4. The second-order valence-corrected chi connectivity index (χ2v) is 8.12. The largest absolute Gasteiger partial charge is 0.469 e. The topological polar surface area (TPSA) is 38.8 Å². The zero-order valence-corrected chi connectivity index (χ0v) is 18.2. The molecule has 0 bridgehead atoms. The quantitative estimate of drug-likeness (QED) is 0.450. The zero-order valence-electron chi connectivity index (χ0n) is 18.2. The van der Waals surface area contributed by atoms with Crippen LogP contribution in [0, 0.1) is 6.92 Å². The van der Waals surface area contributed by atoms with Gasteiger partial charge in [0, 0.05) is 18.3 Å². The molecule has 1 saturated heterocycles. The summed E-state index contributed by atoms with van der Waals surface area (Å²) in [5.41, 5.74) is 4.98. The maximum absolute atomic E-state index is 11.7. The summed E-state index contributed by atoms with van der Waals surface area (Å²) < 4.78 is 11.0. The van der Waals surface area contributed by atoms with E-state index in [4.69, 9.17) is 9.47 Å². The van der Waals surface area contributed by atoms with Crippen LogP contribution in [0.5, 0.6) is 11.5 Å². The van der Waals surface area contributed by atoms with Crippen molar-refractivity contribution in [2.24, 2.45) is 0 Å². The maximum atomic E-state index is 11.7. The van der Waals surface area contributed by atoms with Crippen LogP contribution in [0.25, 0.3) is 0 Å². The molecule has 1 fully saturated rings. The molecule has 0 amide bonds. The first-order valence-electron chi connectivity index (χ1n) is 10.9. The molecule has 0 aliphatic carbocycles. The number of esters is 1. The van der Waals surface area contributed by atoms with Gasteiger partial charge in [-0.25, -0.2) is 0 Å². The minimum atomic E-state index is -0.151. The molecule has 0 spiro atoms. The fourth-order valence-electron chi connectivity index (χ4n) is 4.25. The minimum absolute atomic E-state index is 0.151. The second-order valence-electron chi connectivity index (χ2n) is 8.12. The first-order chi connectivity index (χ1) is 15.1. The molecule has 1 heterocycles. The van der Waals surface area contributed by atoms with E-state index in [9.17, 15) is 4.79 Å². The highest BCUT2D eigenvalue weighted by Crippen LogP contribution is 2.30. The van der Waals surface area contributed by atoms with Crippen molar-refractivity contribution in [3.8, 4) is 11.5 Å². The molecule has 3 aromatic carbocycles. The summed E-state index contributed by atoms with van der Waals surface area (Å²) in [6.07, 6.45) is 3.43. The molecule has 31 heavy (non-hydrogen) atoms. The van der Waals surface area contributed by atoms with Crippen LogP contribution in [0.2, 0.25) is 0 Å². The molecule has 4 rings (SSSR count). The van der Waals surface area contributed by atoms with Crippen molar-refractivity contribution in [2.45, 2.75) is 38.6 Å². The molecule has 4 heteroatoms. The van der Waals surface area contributed by atoms with Crippen LogP contribution in [0.15, 0.2) is 72.8 Å². The van der Waals surface area contributed by atoms with Crippen molar-refractivity contribution in [3.05, 3.63) is 89.5 Å². The molecular formula is C27H29NO3. The summed E-state index contributed by atoms with van der Waals surface area (Å²) in [6, 6.07) is 25.1. The van der Waals surface area contributed by atoms with Crippen molar-refractivity contribution < 1.29 is 14.3 Å². The maximum Gasteiger partial charge on any atom is 0.307 e. The van der Waals surface area contributed by atoms with E-state index in [0.717, 1.165) is 43.0 Å². The number of nitrogens with zero attached hydrogens (tertiary/aromatic N) is 1. The zero-order chi connectivity index (χ0) is 21.6. The molecule has 0 radical (unpaired) electrons. The van der Waals surface area contributed by atoms with Gasteiger partial charge in [-0.2, -0.15) is 0 Å². The Balaban J connectivity index is 1.42. The predicted molar refractivity (Wildman–Crippen MR) is 124 cm³/mol. The number of benzene rings is 3. The van der Waals surface area contributed by atoms with Gasteiger partial charge in [-0.1, -0.05) is 36.4 Å². The molecular weight excluding hydrogens is 386 g/mol. The molecule has 0 saturated carbocycles. The molecule has 3 aromatic rings. The van der Waals surface area contributed by atoms with Gasteiger partial charge in [-0.15, -0.1) is 0 Å². The second kappa shape index (κ2) is 9.69. The van der Waals surface area contributed by atoms with Gasteiger partial charge in [-0.3, -0.25) is 4.79 Å². The fourth-order valence-corrected chi connectivity index (χ4v) is 4.25. The number of carbonyl (C=O) groups excluding carboxylic acids is 1. The minimum Gasteiger partial charge on any atom is -0.469 e. The van der Waals surface area contributed by atoms with E-state index < -0.39 is 0 Å². The van der Waals surface area contributed by atoms with E-state index in [0.29, 0.717) is 6.42 Å². The van der Waals surface area contributed by atoms with Crippen LogP contribution in [-0.2, 0) is 16.0 Å². The average molecular weight is 416 g/mol. The SMILES string of the molecule is COC(=O)CC1CCCN1c1ccc(Oc2cccc(Cc3ccccc3C)c2)cc1. The molecule has 1 atom stereocenters. The van der Waals surface area contributed by atoms with Crippen LogP contribution in [-0.4, -0.2) is 25.7 Å². The van der Waals surface area contributed by atoms with Gasteiger partial charge in [-0.05, 0) is 79.3 Å². The Morgan fingerprint density at radius 3 is 2.58 bits per heavy atom. The van der Waals surface area contributed by atoms with Crippen molar-refractivity contribution in [2.75, 3.05) is 18.6 Å². The Morgan fingerprint density at radius 2 is 1.81 bits per heavy atom. The standard InChI is InChI=1S/C27H29NO3/c1-20-7-3-4-9-22(20)17-21-8-5-11-26(18-21)31-25-14-12-23(13-15-25)28-16-6-10-24(28)19-27(29)30-2/h3-5,7-9,11-15,18,24H,6,10,16-17,19H2,1-2H3. The summed E-state index contributed by atoms with van der Waals surface area (Å²) in [4.78, 5) is 14.0. The van der Waals surface area contributed by atoms with Crippen LogP contribution >= 0.6 is 0 Å². The smallest absolute Gasteiger partial charge is 0.307 e. The Bertz CT molecular complexity index is 1030. The third kappa shape index (κ3) is 5.26. The number of carbonyl (C=O) groups is 1. The van der Waals surface area contributed by atoms with E-state index in [1.54, 1.807) is 0 Å². The van der Waals surface area contributed by atoms with Crippen LogP contribution in [0.1, 0.15) is 36.0 Å². The van der Waals surface area contributed by atoms with Gasteiger partial charge >= 0.3 is 5.97 Å². The van der Waals surface area contributed by atoms with E-state index in [-0.39, 0.29) is 12.0 Å². The highest BCUT2D eigenvalue weighted by Gasteiger charge is 2.27. The normalized spacial score (nSPS) is 15.7. The molecule has 0 aromatic heterocycles. The van der Waals surface area contributed by atoms with Crippen molar-refractivity contribution in [3.63, 3.8) is 0 Å². The van der Waals surface area contributed by atoms with Gasteiger partial charge in [0.15, 0.2) is 0 Å². The monoisotopic (exact) mass is 415 g/mol. The summed E-state index contributed by atoms with van der Waals surface area (Å²) in [6.45, 7) is 3.11. The van der Waals surface area contributed by atoms with E-state index in [2.05, 4.69) is 60.4 Å². The van der Waals surface area contributed by atoms with Crippen LogP contribution < -0.4 is 9.64 Å². The molecule has 0 N–H and O–H groups in total. The van der Waals surface area contributed by atoms with Gasteiger partial charge in [0.25, 0.3) is 0 Å². The first-order valence-corrected chi connectivity index (χ1v) is 10.9. The summed E-state index contributed by atoms with van der Waals surface area (Å²) in [5.74, 6) is 1.49. The lowest BCUT2D eigenvalue weighted by Crippen LogP contribution is -2.31. The summed E-state index contributed by atoms with van der Waals surface area (Å²) in [5, 5.41) is 0. The van der Waals surface area contributed by atoms with E-state index in [1.807, 2.05) is 24.3 Å². The molecule has 1 aliphatic rings. The molecule has 1 aliphatic heterocycles. The highest BCUT2D eigenvalue weighted by atomic mass is 16.5. The fraction of sp³-hybridized carbons (Fsp3) is 0.296.